The van der Waals surface area contributed by atoms with Crippen LogP contribution in [-0.4, -0.2) is 116 Å². The summed E-state index contributed by atoms with van der Waals surface area (Å²) in [6, 6.07) is 16.3. The summed E-state index contributed by atoms with van der Waals surface area (Å²) in [5.74, 6) is 0.374. The van der Waals surface area contributed by atoms with Gasteiger partial charge in [0.05, 0.1) is 18.1 Å². The van der Waals surface area contributed by atoms with Crippen LogP contribution >= 0.6 is 11.8 Å². The molecule has 0 radical (unpaired) electrons. The Kier molecular flexibility index (Phi) is 13.7. The number of ether oxygens (including phenoxy) is 1. The molecule has 1 aromatic heterocycles. The van der Waals surface area contributed by atoms with Crippen molar-refractivity contribution in [3.05, 3.63) is 48.5 Å². The van der Waals surface area contributed by atoms with Crippen LogP contribution in [0.15, 0.2) is 58.3 Å². The number of nitrogens with one attached hydrogen (secondary N) is 4. The van der Waals surface area contributed by atoms with Crippen molar-refractivity contribution in [1.82, 2.24) is 35.3 Å². The Labute approximate surface area is 247 Å². The van der Waals surface area contributed by atoms with Crippen molar-refractivity contribution in [2.45, 2.75) is 23.6 Å². The highest BCUT2D eigenvalue weighted by molar-refractivity contribution is 7.99. The smallest absolute Gasteiger partial charge is 0.413 e. The number of piperazine rings is 2. The van der Waals surface area contributed by atoms with Gasteiger partial charge in [0.25, 0.3) is 0 Å². The van der Waals surface area contributed by atoms with Gasteiger partial charge < -0.3 is 35.1 Å². The lowest BCUT2D eigenvalue weighted by atomic mass is 10.3. The fourth-order valence-corrected chi connectivity index (χ4v) is 5.06. The maximum Gasteiger partial charge on any atom is 0.413 e. The van der Waals surface area contributed by atoms with Gasteiger partial charge in [-0.2, -0.15) is 0 Å². The van der Waals surface area contributed by atoms with E-state index in [0.717, 1.165) is 81.4 Å². The Bertz CT molecular complexity index is 1180. The molecule has 0 spiro atoms. The number of imidazole rings is 1. The van der Waals surface area contributed by atoms with Gasteiger partial charge in [0.2, 0.25) is 5.95 Å². The molecule has 2 aliphatic heterocycles. The average Bonchev–Trinajstić information content (AvgIpc) is 3.41. The third-order valence-electron chi connectivity index (χ3n) is 6.60. The minimum absolute atomic E-state index is 0.197. The highest BCUT2D eigenvalue weighted by Gasteiger charge is 2.21. The molecule has 4 N–H and O–H groups in total. The van der Waals surface area contributed by atoms with Crippen LogP contribution < -0.4 is 16.0 Å². The van der Waals surface area contributed by atoms with Crippen LogP contribution in [-0.2, 0) is 4.74 Å². The summed E-state index contributed by atoms with van der Waals surface area (Å²) >= 11 is 1.67. The predicted molar refractivity (Wildman–Crippen MR) is 166 cm³/mol. The van der Waals surface area contributed by atoms with Crippen molar-refractivity contribution >= 4 is 40.9 Å². The number of anilines is 1. The van der Waals surface area contributed by atoms with E-state index in [9.17, 15) is 9.59 Å². The lowest BCUT2D eigenvalue weighted by Gasteiger charge is -2.35. The molecule has 11 nitrogen and oxygen atoms in total. The lowest BCUT2D eigenvalue weighted by molar-refractivity contribution is 0.125. The van der Waals surface area contributed by atoms with E-state index in [-0.39, 0.29) is 6.03 Å². The van der Waals surface area contributed by atoms with Gasteiger partial charge in [0, 0.05) is 75.2 Å². The maximum absolute atomic E-state index is 11.9. The number of rotatable bonds is 5. The number of aromatic amines is 1. The third kappa shape index (κ3) is 10.9. The first-order valence-corrected chi connectivity index (χ1v) is 15.0. The molecule has 3 aromatic rings. The number of likely N-dealkylation sites (N-methyl/N-ethyl adjacent to an activating group) is 1. The summed E-state index contributed by atoms with van der Waals surface area (Å²) in [4.78, 5) is 38.7. The van der Waals surface area contributed by atoms with Crippen molar-refractivity contribution < 1.29 is 14.3 Å². The summed E-state index contributed by atoms with van der Waals surface area (Å²) in [7, 11) is 3.41. The molecule has 41 heavy (non-hydrogen) atoms. The van der Waals surface area contributed by atoms with E-state index >= 15 is 0 Å². The molecular weight excluding hydrogens is 540 g/mol. The van der Waals surface area contributed by atoms with Crippen molar-refractivity contribution in [2.24, 2.45) is 0 Å². The second kappa shape index (κ2) is 17.5. The predicted octanol–water partition coefficient (Wildman–Crippen LogP) is 3.77. The molecule has 3 heterocycles. The van der Waals surface area contributed by atoms with Crippen molar-refractivity contribution in [3.8, 4) is 0 Å². The summed E-state index contributed by atoms with van der Waals surface area (Å²) in [6.45, 7) is 13.9. The minimum Gasteiger partial charge on any atom is -0.453 e. The number of fused-ring (bicyclic) bond motifs is 1. The number of hydrogen-bond donors (Lipinski definition) is 4. The molecule has 0 saturated carbocycles. The van der Waals surface area contributed by atoms with E-state index in [1.54, 1.807) is 11.8 Å². The largest absolute Gasteiger partial charge is 0.453 e. The average molecular weight is 585 g/mol. The van der Waals surface area contributed by atoms with Crippen LogP contribution in [0.25, 0.3) is 11.0 Å². The molecule has 2 aromatic carbocycles. The van der Waals surface area contributed by atoms with Gasteiger partial charge >= 0.3 is 12.1 Å². The zero-order chi connectivity index (χ0) is 29.5. The molecule has 2 saturated heterocycles. The SMILES string of the molecule is C1CNCCN1.CCN(CC)C(=O)N1CCN(C)CC1.COC(=O)Nc1nc2ccc(Sc3ccccc3)cc2[nH]1. The van der Waals surface area contributed by atoms with E-state index in [1.807, 2.05) is 60.0 Å². The van der Waals surface area contributed by atoms with Crippen LogP contribution in [0, 0.1) is 0 Å². The van der Waals surface area contributed by atoms with Crippen molar-refractivity contribution in [2.75, 3.05) is 84.9 Å². The number of carbonyl (C=O) groups is 2. The Morgan fingerprint density at radius 2 is 1.59 bits per heavy atom. The number of urea groups is 1. The Balaban J connectivity index is 0.000000198. The highest BCUT2D eigenvalue weighted by atomic mass is 32.2. The van der Waals surface area contributed by atoms with Gasteiger partial charge in [-0.15, -0.1) is 0 Å². The Hall–Kier alpha value is -3.32. The molecule has 0 bridgehead atoms. The molecule has 2 aliphatic rings. The third-order valence-corrected chi connectivity index (χ3v) is 7.60. The first-order valence-electron chi connectivity index (χ1n) is 14.1. The summed E-state index contributed by atoms with van der Waals surface area (Å²) in [5.41, 5.74) is 1.65. The number of benzene rings is 2. The summed E-state index contributed by atoms with van der Waals surface area (Å²) in [5, 5.41) is 8.96. The Morgan fingerprint density at radius 1 is 0.951 bits per heavy atom. The molecule has 2 fully saturated rings. The fourth-order valence-electron chi connectivity index (χ4n) is 4.18. The van der Waals surface area contributed by atoms with Crippen LogP contribution in [0.5, 0.6) is 0 Å². The molecule has 5 rings (SSSR count). The standard InChI is InChI=1S/C15H13N3O2S.C10H21N3O.C4H10N2/c1-20-15(19)18-14-16-12-8-7-11(9-13(12)17-14)21-10-5-3-2-4-6-10;1-4-12(5-2)10(14)13-8-6-11(3)7-9-13;1-2-6-4-3-5-1/h2-9H,1H3,(H2,16,17,18,19);4-9H2,1-3H3;5-6H,1-4H2. The van der Waals surface area contributed by atoms with E-state index in [1.165, 1.54) is 12.0 Å². The minimum atomic E-state index is -0.548. The topological polar surface area (TPSA) is 118 Å². The Morgan fingerprint density at radius 3 is 2.15 bits per heavy atom. The summed E-state index contributed by atoms with van der Waals surface area (Å²) < 4.78 is 4.54. The van der Waals surface area contributed by atoms with Crippen LogP contribution in [0.4, 0.5) is 15.5 Å². The quantitative estimate of drug-likeness (QED) is 0.358. The van der Waals surface area contributed by atoms with Crippen molar-refractivity contribution in [1.29, 1.82) is 0 Å². The molecule has 0 aliphatic carbocycles. The van der Waals surface area contributed by atoms with Gasteiger partial charge in [-0.1, -0.05) is 30.0 Å². The first kappa shape index (κ1) is 32.2. The fraction of sp³-hybridized carbons (Fsp3) is 0.483. The second-order valence-electron chi connectivity index (χ2n) is 9.54. The van der Waals surface area contributed by atoms with Crippen LogP contribution in [0.2, 0.25) is 0 Å². The van der Waals surface area contributed by atoms with Crippen LogP contribution in [0.3, 0.4) is 0 Å². The number of nitrogens with zero attached hydrogens (tertiary/aromatic N) is 4. The zero-order valence-electron chi connectivity index (χ0n) is 24.6. The monoisotopic (exact) mass is 584 g/mol. The lowest BCUT2D eigenvalue weighted by Crippen LogP contribution is -2.51. The number of methoxy groups -OCH3 is 1. The summed E-state index contributed by atoms with van der Waals surface area (Å²) in [6.07, 6.45) is -0.548. The first-order chi connectivity index (χ1) is 19.9. The normalized spacial score (nSPS) is 15.2. The highest BCUT2D eigenvalue weighted by Crippen LogP contribution is 2.29. The van der Waals surface area contributed by atoms with Gasteiger partial charge in [0.1, 0.15) is 0 Å². The number of aromatic nitrogens is 2. The molecule has 12 heteroatoms. The van der Waals surface area contributed by atoms with Crippen molar-refractivity contribution in [3.63, 3.8) is 0 Å². The van der Waals surface area contributed by atoms with Gasteiger partial charge in [0.15, 0.2) is 0 Å². The van der Waals surface area contributed by atoms with E-state index in [2.05, 4.69) is 54.7 Å². The molecule has 0 atom stereocenters. The number of amides is 3. The van der Waals surface area contributed by atoms with E-state index in [0.29, 0.717) is 5.95 Å². The number of hydrogen-bond acceptors (Lipinski definition) is 8. The van der Waals surface area contributed by atoms with Gasteiger partial charge in [-0.05, 0) is 51.2 Å². The van der Waals surface area contributed by atoms with Gasteiger partial charge in [-0.3, -0.25) is 5.32 Å². The van der Waals surface area contributed by atoms with Crippen LogP contribution in [0.1, 0.15) is 13.8 Å². The zero-order valence-corrected chi connectivity index (χ0v) is 25.4. The molecule has 224 valence electrons. The number of H-pyrrole nitrogens is 1. The maximum atomic E-state index is 11.9. The van der Waals surface area contributed by atoms with E-state index < -0.39 is 6.09 Å². The van der Waals surface area contributed by atoms with Gasteiger partial charge in [-0.25, -0.2) is 14.6 Å². The number of carbonyl (C=O) groups excluding carboxylic acids is 2. The van der Waals surface area contributed by atoms with E-state index in [4.69, 9.17) is 0 Å². The molecule has 3 amide bonds. The second-order valence-corrected chi connectivity index (χ2v) is 10.7. The molecule has 0 unspecified atom stereocenters. The molecular formula is C29H44N8O3S.